The van der Waals surface area contributed by atoms with Gasteiger partial charge in [-0.25, -0.2) is 4.98 Å². The first kappa shape index (κ1) is 17.7. The fourth-order valence-corrected chi connectivity index (χ4v) is 5.29. The molecule has 2 aromatic rings. The van der Waals surface area contributed by atoms with Crippen LogP contribution in [0.5, 0.6) is 0 Å². The maximum Gasteiger partial charge on any atom is 0.225 e. The lowest BCUT2D eigenvalue weighted by Crippen LogP contribution is -2.50. The molecule has 0 radical (unpaired) electrons. The molecule has 1 aromatic heterocycles. The van der Waals surface area contributed by atoms with Crippen LogP contribution in [-0.2, 0) is 4.79 Å². The number of benzene rings is 1. The first-order valence-electron chi connectivity index (χ1n) is 9.61. The molecule has 0 aliphatic carbocycles. The van der Waals surface area contributed by atoms with Gasteiger partial charge in [0, 0.05) is 45.2 Å². The molecule has 0 unspecified atom stereocenters. The molecule has 1 amide bonds. The normalized spacial score (nSPS) is 20.1. The van der Waals surface area contributed by atoms with Gasteiger partial charge in [0.05, 0.1) is 10.2 Å². The van der Waals surface area contributed by atoms with Gasteiger partial charge in [-0.1, -0.05) is 17.4 Å². The van der Waals surface area contributed by atoms with Crippen molar-refractivity contribution in [3.63, 3.8) is 0 Å². The number of hydrogen-bond donors (Lipinski definition) is 0. The van der Waals surface area contributed by atoms with Gasteiger partial charge in [0.1, 0.15) is 0 Å². The number of carbonyl (C=O) groups excluding carboxylic acids is 1. The Labute approximate surface area is 159 Å². The van der Waals surface area contributed by atoms with Crippen molar-refractivity contribution >= 4 is 32.6 Å². The summed E-state index contributed by atoms with van der Waals surface area (Å²) >= 11 is 1.78. The molecule has 1 aromatic carbocycles. The highest BCUT2D eigenvalue weighted by molar-refractivity contribution is 7.22. The molecule has 0 atom stereocenters. The van der Waals surface area contributed by atoms with E-state index >= 15 is 0 Å². The number of piperidine rings is 1. The van der Waals surface area contributed by atoms with E-state index in [1.54, 1.807) is 11.3 Å². The van der Waals surface area contributed by atoms with Crippen LogP contribution in [0.2, 0.25) is 0 Å². The lowest BCUT2D eigenvalue weighted by molar-refractivity contribution is -0.137. The van der Waals surface area contributed by atoms with Crippen molar-refractivity contribution in [3.8, 4) is 0 Å². The van der Waals surface area contributed by atoms with E-state index in [9.17, 15) is 4.79 Å². The van der Waals surface area contributed by atoms with E-state index in [4.69, 9.17) is 4.98 Å². The van der Waals surface area contributed by atoms with E-state index in [0.29, 0.717) is 5.91 Å². The van der Waals surface area contributed by atoms with Crippen LogP contribution in [0.4, 0.5) is 5.13 Å². The molecule has 2 aliphatic heterocycles. The van der Waals surface area contributed by atoms with E-state index < -0.39 is 0 Å². The van der Waals surface area contributed by atoms with Crippen LogP contribution >= 0.6 is 11.3 Å². The molecule has 6 heteroatoms. The van der Waals surface area contributed by atoms with E-state index in [2.05, 4.69) is 47.7 Å². The highest BCUT2D eigenvalue weighted by Gasteiger charge is 2.30. The molecule has 2 saturated heterocycles. The Morgan fingerprint density at radius 1 is 1.08 bits per heavy atom. The molecule has 0 N–H and O–H groups in total. The lowest BCUT2D eigenvalue weighted by Gasteiger charge is -2.37. The maximum atomic E-state index is 12.8. The van der Waals surface area contributed by atoms with Crippen LogP contribution in [-0.4, -0.2) is 67.0 Å². The summed E-state index contributed by atoms with van der Waals surface area (Å²) in [5.74, 6) is 0.557. The molecule has 2 aliphatic rings. The van der Waals surface area contributed by atoms with Crippen molar-refractivity contribution < 1.29 is 4.79 Å². The second kappa shape index (κ2) is 7.16. The van der Waals surface area contributed by atoms with Crippen molar-refractivity contribution in [3.05, 3.63) is 23.3 Å². The largest absolute Gasteiger partial charge is 0.348 e. The van der Waals surface area contributed by atoms with Gasteiger partial charge in [0.2, 0.25) is 5.91 Å². The molecule has 0 saturated carbocycles. The highest BCUT2D eigenvalue weighted by atomic mass is 32.1. The van der Waals surface area contributed by atoms with Crippen LogP contribution < -0.4 is 4.90 Å². The van der Waals surface area contributed by atoms with Crippen molar-refractivity contribution in [1.82, 2.24) is 14.8 Å². The average molecular weight is 373 g/mol. The number of piperazine rings is 1. The number of aromatic nitrogens is 1. The predicted molar refractivity (Wildman–Crippen MR) is 108 cm³/mol. The zero-order chi connectivity index (χ0) is 18.3. The van der Waals surface area contributed by atoms with E-state index in [0.717, 1.165) is 62.8 Å². The number of nitrogens with zero attached hydrogens (tertiary/aromatic N) is 4. The molecule has 0 bridgehead atoms. The Balaban J connectivity index is 1.40. The van der Waals surface area contributed by atoms with Gasteiger partial charge < -0.3 is 14.7 Å². The number of carbonyl (C=O) groups is 1. The fraction of sp³-hybridized carbons (Fsp3) is 0.600. The minimum absolute atomic E-state index is 0.188. The van der Waals surface area contributed by atoms with Crippen molar-refractivity contribution in [1.29, 1.82) is 0 Å². The Morgan fingerprint density at radius 3 is 2.46 bits per heavy atom. The topological polar surface area (TPSA) is 39.7 Å². The fourth-order valence-electron chi connectivity index (χ4n) is 4.10. The second-order valence-electron chi connectivity index (χ2n) is 7.81. The van der Waals surface area contributed by atoms with Crippen LogP contribution in [0.25, 0.3) is 10.2 Å². The first-order chi connectivity index (χ1) is 12.5. The summed E-state index contributed by atoms with van der Waals surface area (Å²) in [6, 6.07) is 4.43. The first-order valence-corrected chi connectivity index (χ1v) is 10.4. The minimum atomic E-state index is 0.188. The van der Waals surface area contributed by atoms with Gasteiger partial charge >= 0.3 is 0 Å². The summed E-state index contributed by atoms with van der Waals surface area (Å²) in [7, 11) is 2.13. The predicted octanol–water partition coefficient (Wildman–Crippen LogP) is 2.90. The molecule has 0 spiro atoms. The standard InChI is InChI=1S/C20H28N4OS/c1-14-12-15(2)18-17(13-14)26-20(21-18)24-6-4-16(5-7-24)19(25)23-10-8-22(3)9-11-23/h12-13,16H,4-11H2,1-3H3. The van der Waals surface area contributed by atoms with Gasteiger partial charge in [-0.15, -0.1) is 0 Å². The van der Waals surface area contributed by atoms with Crippen molar-refractivity contribution in [2.45, 2.75) is 26.7 Å². The third-order valence-corrected chi connectivity index (χ3v) is 6.81. The maximum absolute atomic E-state index is 12.8. The van der Waals surface area contributed by atoms with Crippen molar-refractivity contribution in [2.75, 3.05) is 51.2 Å². The number of hydrogen-bond acceptors (Lipinski definition) is 5. The summed E-state index contributed by atoms with van der Waals surface area (Å²) in [6.07, 6.45) is 1.89. The van der Waals surface area contributed by atoms with Crippen molar-refractivity contribution in [2.24, 2.45) is 5.92 Å². The molecule has 2 fully saturated rings. The Morgan fingerprint density at radius 2 is 1.77 bits per heavy atom. The number of rotatable bonds is 2. The summed E-state index contributed by atoms with van der Waals surface area (Å²) in [5.41, 5.74) is 3.68. The van der Waals surface area contributed by atoms with Gasteiger partial charge in [-0.05, 0) is 50.9 Å². The van der Waals surface area contributed by atoms with E-state index in [1.165, 1.54) is 15.8 Å². The monoisotopic (exact) mass is 372 g/mol. The third kappa shape index (κ3) is 3.45. The van der Waals surface area contributed by atoms with Crippen LogP contribution in [0.3, 0.4) is 0 Å². The number of anilines is 1. The molecule has 140 valence electrons. The van der Waals surface area contributed by atoms with Gasteiger partial charge in [0.15, 0.2) is 5.13 Å². The Kier molecular flexibility index (Phi) is 4.88. The number of amides is 1. The molecule has 3 heterocycles. The second-order valence-corrected chi connectivity index (χ2v) is 8.82. The lowest BCUT2D eigenvalue weighted by atomic mass is 9.95. The van der Waals surface area contributed by atoms with Gasteiger partial charge in [0.25, 0.3) is 0 Å². The number of fused-ring (bicyclic) bond motifs is 1. The van der Waals surface area contributed by atoms with E-state index in [-0.39, 0.29) is 5.92 Å². The molecule has 5 nitrogen and oxygen atoms in total. The average Bonchev–Trinajstić information content (AvgIpc) is 3.06. The zero-order valence-electron chi connectivity index (χ0n) is 16.0. The number of aryl methyl sites for hydroxylation is 2. The summed E-state index contributed by atoms with van der Waals surface area (Å²) < 4.78 is 1.27. The highest BCUT2D eigenvalue weighted by Crippen LogP contribution is 2.34. The van der Waals surface area contributed by atoms with Crippen LogP contribution in [0.1, 0.15) is 24.0 Å². The number of thiazole rings is 1. The zero-order valence-corrected chi connectivity index (χ0v) is 16.8. The molecule has 26 heavy (non-hydrogen) atoms. The smallest absolute Gasteiger partial charge is 0.225 e. The summed E-state index contributed by atoms with van der Waals surface area (Å²) in [6.45, 7) is 9.90. The minimum Gasteiger partial charge on any atom is -0.348 e. The SMILES string of the molecule is Cc1cc(C)c2nc(N3CCC(C(=O)N4CCN(C)CC4)CC3)sc2c1. The Hall–Kier alpha value is -1.66. The van der Waals surface area contributed by atoms with E-state index in [1.807, 2.05) is 0 Å². The van der Waals surface area contributed by atoms with Crippen LogP contribution in [0.15, 0.2) is 12.1 Å². The summed E-state index contributed by atoms with van der Waals surface area (Å²) in [5, 5.41) is 1.11. The van der Waals surface area contributed by atoms with Gasteiger partial charge in [-0.2, -0.15) is 0 Å². The third-order valence-electron chi connectivity index (χ3n) is 5.75. The molecular formula is C20H28N4OS. The Bertz CT molecular complexity index is 801. The quantitative estimate of drug-likeness (QED) is 0.813. The molecular weight excluding hydrogens is 344 g/mol. The van der Waals surface area contributed by atoms with Crippen LogP contribution in [0, 0.1) is 19.8 Å². The number of likely N-dealkylation sites (N-methyl/N-ethyl adjacent to an activating group) is 1. The summed E-state index contributed by atoms with van der Waals surface area (Å²) in [4.78, 5) is 24.4. The molecule has 4 rings (SSSR count). The van der Waals surface area contributed by atoms with Gasteiger partial charge in [-0.3, -0.25) is 4.79 Å².